The minimum absolute atomic E-state index is 0.336. The minimum Gasteiger partial charge on any atom is -0.466 e. The van der Waals surface area contributed by atoms with Gasteiger partial charge in [-0.1, -0.05) is 29.7 Å². The van der Waals surface area contributed by atoms with E-state index in [-0.39, 0.29) is 5.97 Å². The minimum atomic E-state index is -0.407. The molecule has 128 valence electrons. The summed E-state index contributed by atoms with van der Waals surface area (Å²) >= 11 is 0. The lowest BCUT2D eigenvalue weighted by Gasteiger charge is -1.95. The Bertz CT molecular complexity index is 633. The van der Waals surface area contributed by atoms with Gasteiger partial charge in [-0.25, -0.2) is 9.59 Å². The van der Waals surface area contributed by atoms with Crippen molar-refractivity contribution in [3.05, 3.63) is 71.2 Å². The molecule has 0 aliphatic rings. The van der Waals surface area contributed by atoms with Gasteiger partial charge in [0.05, 0.1) is 14.2 Å². The van der Waals surface area contributed by atoms with E-state index in [1.807, 2.05) is 32.1 Å². The van der Waals surface area contributed by atoms with Gasteiger partial charge >= 0.3 is 11.9 Å². The van der Waals surface area contributed by atoms with Crippen molar-refractivity contribution >= 4 is 11.9 Å². The molecule has 24 heavy (non-hydrogen) atoms. The Morgan fingerprint density at radius 3 is 2.04 bits per heavy atom. The van der Waals surface area contributed by atoms with Crippen molar-refractivity contribution < 1.29 is 19.1 Å². The normalized spacial score (nSPS) is 11.8. The van der Waals surface area contributed by atoms with Gasteiger partial charge in [0.1, 0.15) is 0 Å². The summed E-state index contributed by atoms with van der Waals surface area (Å²) in [6, 6.07) is 0. The molecule has 0 fully saturated rings. The number of hydrogen-bond acceptors (Lipinski definition) is 4. The summed E-state index contributed by atoms with van der Waals surface area (Å²) in [6.45, 7) is 3.99. The average molecular weight is 328 g/mol. The van der Waals surface area contributed by atoms with Gasteiger partial charge in [0.15, 0.2) is 0 Å². The van der Waals surface area contributed by atoms with E-state index in [4.69, 9.17) is 0 Å². The lowest BCUT2D eigenvalue weighted by Crippen LogP contribution is -1.93. The van der Waals surface area contributed by atoms with Crippen LogP contribution in [0.1, 0.15) is 26.7 Å². The van der Waals surface area contributed by atoms with Gasteiger partial charge in [-0.15, -0.1) is 0 Å². The molecule has 0 bridgehead atoms. The number of unbranched alkanes of at least 4 members (excludes halogenated alkanes) is 1. The van der Waals surface area contributed by atoms with Gasteiger partial charge in [0.25, 0.3) is 0 Å². The van der Waals surface area contributed by atoms with Gasteiger partial charge in [0, 0.05) is 12.2 Å². The maximum atomic E-state index is 10.9. The average Bonchev–Trinajstić information content (AvgIpc) is 2.59. The third kappa shape index (κ3) is 11.8. The molecular formula is C20H24O4. The number of carbonyl (C=O) groups is 2. The molecule has 0 heterocycles. The highest BCUT2D eigenvalue weighted by Crippen LogP contribution is 2.07. The maximum Gasteiger partial charge on any atom is 0.330 e. The second-order valence-corrected chi connectivity index (χ2v) is 4.75. The molecule has 0 aliphatic carbocycles. The third-order valence-corrected chi connectivity index (χ3v) is 2.93. The topological polar surface area (TPSA) is 52.6 Å². The van der Waals surface area contributed by atoms with E-state index in [2.05, 4.69) is 20.9 Å². The molecular weight excluding hydrogens is 304 g/mol. The Balaban J connectivity index is 4.49. The second-order valence-electron chi connectivity index (χ2n) is 4.75. The smallest absolute Gasteiger partial charge is 0.330 e. The monoisotopic (exact) mass is 328 g/mol. The molecule has 0 atom stereocenters. The zero-order valence-electron chi connectivity index (χ0n) is 14.7. The zero-order chi connectivity index (χ0) is 18.2. The first kappa shape index (κ1) is 21.2. The Morgan fingerprint density at radius 1 is 0.833 bits per heavy atom. The molecule has 0 aromatic heterocycles. The number of ether oxygens (including phenoxy) is 2. The first-order valence-corrected chi connectivity index (χ1v) is 7.51. The summed E-state index contributed by atoms with van der Waals surface area (Å²) in [5.41, 5.74) is 7.89. The van der Waals surface area contributed by atoms with Gasteiger partial charge < -0.3 is 9.47 Å². The fourth-order valence-electron chi connectivity index (χ4n) is 1.39. The van der Waals surface area contributed by atoms with Gasteiger partial charge in [-0.3, -0.25) is 0 Å². The molecule has 0 rings (SSSR count). The summed E-state index contributed by atoms with van der Waals surface area (Å²) in [4.78, 5) is 21.7. The van der Waals surface area contributed by atoms with E-state index in [9.17, 15) is 9.59 Å². The van der Waals surface area contributed by atoms with Crippen LogP contribution in [0.3, 0.4) is 0 Å². The number of allylic oxidation sites excluding steroid dienone is 8. The van der Waals surface area contributed by atoms with Crippen LogP contribution in [0, 0.1) is 0 Å². The highest BCUT2D eigenvalue weighted by atomic mass is 16.5. The van der Waals surface area contributed by atoms with E-state index in [0.717, 1.165) is 24.0 Å². The molecule has 0 aromatic rings. The van der Waals surface area contributed by atoms with E-state index >= 15 is 0 Å². The Morgan fingerprint density at radius 2 is 1.42 bits per heavy atom. The van der Waals surface area contributed by atoms with Gasteiger partial charge in [-0.2, -0.15) is 0 Å². The Hall–Kier alpha value is -2.80. The van der Waals surface area contributed by atoms with Crippen molar-refractivity contribution in [2.45, 2.75) is 26.7 Å². The van der Waals surface area contributed by atoms with Crippen LogP contribution >= 0.6 is 0 Å². The van der Waals surface area contributed by atoms with Crippen LogP contribution in [0.15, 0.2) is 71.2 Å². The number of esters is 2. The Labute approximate surface area is 143 Å². The van der Waals surface area contributed by atoms with E-state index < -0.39 is 5.97 Å². The number of rotatable bonds is 8. The lowest BCUT2D eigenvalue weighted by molar-refractivity contribution is -0.135. The zero-order valence-corrected chi connectivity index (χ0v) is 14.7. The fraction of sp³-hybridized carbons (Fsp3) is 0.300. The summed E-state index contributed by atoms with van der Waals surface area (Å²) in [5, 5.41) is 0. The molecule has 0 saturated heterocycles. The van der Waals surface area contributed by atoms with E-state index in [1.54, 1.807) is 18.2 Å². The summed E-state index contributed by atoms with van der Waals surface area (Å²) in [5.74, 6) is -0.743. The van der Waals surface area contributed by atoms with Crippen molar-refractivity contribution in [3.63, 3.8) is 0 Å². The summed E-state index contributed by atoms with van der Waals surface area (Å²) < 4.78 is 8.97. The predicted octanol–water partition coefficient (Wildman–Crippen LogP) is 3.98. The molecule has 0 unspecified atom stereocenters. The standard InChI is InChI=1S/C20H24O4/c1-17(13-9-5-7-11-15-19(21)23-3)18(2)14-10-6-8-12-16-20(22)24-4/h8-9,11-16H,5,7H2,1-4H3/b13-9-,14-8?,15-11-,16-12-,18-17-. The highest BCUT2D eigenvalue weighted by Gasteiger charge is 1.90. The highest BCUT2D eigenvalue weighted by molar-refractivity contribution is 5.82. The molecule has 0 amide bonds. The molecule has 0 radical (unpaired) electrons. The van der Waals surface area contributed by atoms with Crippen molar-refractivity contribution in [1.29, 1.82) is 0 Å². The summed E-state index contributed by atoms with van der Waals surface area (Å²) in [6.07, 6.45) is 15.2. The molecule has 4 heteroatoms. The number of hydrogen-bond donors (Lipinski definition) is 0. The number of methoxy groups -OCH3 is 2. The van der Waals surface area contributed by atoms with Crippen molar-refractivity contribution in [3.8, 4) is 0 Å². The van der Waals surface area contributed by atoms with Crippen LogP contribution in [-0.2, 0) is 19.1 Å². The van der Waals surface area contributed by atoms with Gasteiger partial charge in [-0.05, 0) is 56.1 Å². The molecule has 0 N–H and O–H groups in total. The molecule has 0 aliphatic heterocycles. The van der Waals surface area contributed by atoms with Crippen LogP contribution in [-0.4, -0.2) is 26.2 Å². The van der Waals surface area contributed by atoms with Crippen LogP contribution in [0.4, 0.5) is 0 Å². The third-order valence-electron chi connectivity index (χ3n) is 2.93. The lowest BCUT2D eigenvalue weighted by atomic mass is 10.1. The van der Waals surface area contributed by atoms with E-state index in [0.29, 0.717) is 0 Å². The van der Waals surface area contributed by atoms with E-state index in [1.165, 1.54) is 26.4 Å². The maximum absolute atomic E-state index is 10.9. The largest absolute Gasteiger partial charge is 0.466 e. The second kappa shape index (κ2) is 13.8. The molecule has 4 nitrogen and oxygen atoms in total. The predicted molar refractivity (Wildman–Crippen MR) is 95.2 cm³/mol. The first-order valence-electron chi connectivity index (χ1n) is 7.51. The van der Waals surface area contributed by atoms with Crippen LogP contribution in [0.25, 0.3) is 0 Å². The fourth-order valence-corrected chi connectivity index (χ4v) is 1.39. The van der Waals surface area contributed by atoms with Crippen LogP contribution < -0.4 is 0 Å². The quantitative estimate of drug-likeness (QED) is 0.222. The SMILES string of the molecule is COC(=O)/C=C\C=C=C=C/C(C)=C(C)\C=C/CC/C=C\C(=O)OC. The van der Waals surface area contributed by atoms with Crippen molar-refractivity contribution in [2.24, 2.45) is 0 Å². The first-order chi connectivity index (χ1) is 11.5. The van der Waals surface area contributed by atoms with Crippen LogP contribution in [0.2, 0.25) is 0 Å². The van der Waals surface area contributed by atoms with Crippen molar-refractivity contribution in [2.75, 3.05) is 14.2 Å². The summed E-state index contributed by atoms with van der Waals surface area (Å²) in [7, 11) is 2.68. The van der Waals surface area contributed by atoms with Gasteiger partial charge in [0.2, 0.25) is 0 Å². The molecule has 0 saturated carbocycles. The van der Waals surface area contributed by atoms with Crippen LogP contribution in [0.5, 0.6) is 0 Å². The molecule has 0 spiro atoms. The number of carbonyl (C=O) groups excluding carboxylic acids is 2. The molecule has 0 aromatic carbocycles. The van der Waals surface area contributed by atoms with Crippen molar-refractivity contribution in [1.82, 2.24) is 0 Å². The Kier molecular flexibility index (Phi) is 12.2.